The molecule has 0 radical (unpaired) electrons. The quantitative estimate of drug-likeness (QED) is 0.634. The number of nitrogens with zero attached hydrogens (tertiary/aromatic N) is 1. The maximum Gasteiger partial charge on any atom is 0.251 e. The maximum atomic E-state index is 12.2. The summed E-state index contributed by atoms with van der Waals surface area (Å²) >= 11 is 5.78. The van der Waals surface area contributed by atoms with Crippen LogP contribution in [-0.4, -0.2) is 46.1 Å². The highest BCUT2D eigenvalue weighted by Crippen LogP contribution is 2.21. The monoisotopic (exact) mass is 423 g/mol. The number of sulfonamides is 1. The van der Waals surface area contributed by atoms with E-state index in [2.05, 4.69) is 10.6 Å². The highest BCUT2D eigenvalue weighted by molar-refractivity contribution is 7.92. The van der Waals surface area contributed by atoms with E-state index in [1.165, 1.54) is 0 Å². The van der Waals surface area contributed by atoms with Crippen molar-refractivity contribution in [2.75, 3.05) is 30.2 Å². The Morgan fingerprint density at radius 1 is 1.00 bits per heavy atom. The summed E-state index contributed by atoms with van der Waals surface area (Å²) in [6.45, 7) is 1.81. The summed E-state index contributed by atoms with van der Waals surface area (Å²) in [5.41, 5.74) is 1.66. The molecule has 0 unspecified atom stereocenters. The molecule has 0 aliphatic heterocycles. The number of amides is 2. The van der Waals surface area contributed by atoms with Crippen LogP contribution in [0, 0.1) is 6.92 Å². The van der Waals surface area contributed by atoms with Gasteiger partial charge in [0.25, 0.3) is 5.91 Å². The number of benzene rings is 2. The molecule has 0 bridgehead atoms. The van der Waals surface area contributed by atoms with Gasteiger partial charge in [0.1, 0.15) is 6.54 Å². The van der Waals surface area contributed by atoms with Crippen LogP contribution in [0.15, 0.2) is 48.5 Å². The van der Waals surface area contributed by atoms with Crippen LogP contribution in [0.1, 0.15) is 15.9 Å². The molecule has 0 saturated heterocycles. The van der Waals surface area contributed by atoms with Crippen molar-refractivity contribution in [2.24, 2.45) is 0 Å². The summed E-state index contributed by atoms with van der Waals surface area (Å²) in [7, 11) is -3.63. The topological polar surface area (TPSA) is 95.6 Å². The van der Waals surface area contributed by atoms with Gasteiger partial charge in [-0.05, 0) is 42.8 Å². The second kappa shape index (κ2) is 9.57. The van der Waals surface area contributed by atoms with Crippen LogP contribution >= 0.6 is 11.6 Å². The fourth-order valence-corrected chi connectivity index (χ4v) is 3.53. The number of para-hydroxylation sites is 1. The zero-order chi connectivity index (χ0) is 20.7. The Morgan fingerprint density at radius 2 is 1.61 bits per heavy atom. The lowest BCUT2D eigenvalue weighted by molar-refractivity contribution is -0.119. The molecule has 0 aliphatic carbocycles. The summed E-state index contributed by atoms with van der Waals surface area (Å²) in [5.74, 6) is -0.752. The second-order valence-electron chi connectivity index (χ2n) is 6.17. The number of aryl methyl sites for hydroxylation is 1. The maximum absolute atomic E-state index is 12.2. The molecule has 2 N–H and O–H groups in total. The molecule has 150 valence electrons. The van der Waals surface area contributed by atoms with Crippen molar-refractivity contribution in [3.8, 4) is 0 Å². The van der Waals surface area contributed by atoms with Gasteiger partial charge >= 0.3 is 0 Å². The molecular weight excluding hydrogens is 402 g/mol. The number of carbonyl (C=O) groups excluding carboxylic acids is 2. The minimum atomic E-state index is -3.63. The third-order valence-corrected chi connectivity index (χ3v) is 5.29. The van der Waals surface area contributed by atoms with Crippen LogP contribution in [0.4, 0.5) is 5.69 Å². The fourth-order valence-electron chi connectivity index (χ4n) is 2.49. The molecule has 0 spiro atoms. The molecule has 0 heterocycles. The van der Waals surface area contributed by atoms with E-state index in [0.29, 0.717) is 16.3 Å². The molecule has 2 amide bonds. The number of carbonyl (C=O) groups is 2. The fraction of sp³-hybridized carbons (Fsp3) is 0.263. The number of hydrogen-bond donors (Lipinski definition) is 2. The van der Waals surface area contributed by atoms with Gasteiger partial charge in [-0.25, -0.2) is 8.42 Å². The lowest BCUT2D eigenvalue weighted by atomic mass is 10.2. The van der Waals surface area contributed by atoms with E-state index in [1.54, 1.807) is 55.5 Å². The third-order valence-electron chi connectivity index (χ3n) is 3.91. The smallest absolute Gasteiger partial charge is 0.251 e. The summed E-state index contributed by atoms with van der Waals surface area (Å²) in [4.78, 5) is 24.2. The highest BCUT2D eigenvalue weighted by Gasteiger charge is 2.21. The van der Waals surface area contributed by atoms with Gasteiger partial charge in [0.15, 0.2) is 0 Å². The Morgan fingerprint density at radius 3 is 2.21 bits per heavy atom. The second-order valence-corrected chi connectivity index (χ2v) is 8.51. The Balaban J connectivity index is 1.87. The van der Waals surface area contributed by atoms with E-state index >= 15 is 0 Å². The molecular formula is C19H22ClN3O4S. The van der Waals surface area contributed by atoms with Crippen molar-refractivity contribution in [1.82, 2.24) is 10.6 Å². The molecule has 9 heteroatoms. The first kappa shape index (κ1) is 21.7. The van der Waals surface area contributed by atoms with Gasteiger partial charge in [-0.2, -0.15) is 0 Å². The van der Waals surface area contributed by atoms with Crippen LogP contribution in [0.5, 0.6) is 0 Å². The summed E-state index contributed by atoms with van der Waals surface area (Å²) in [6, 6.07) is 13.4. The Hall–Kier alpha value is -2.58. The molecule has 28 heavy (non-hydrogen) atoms. The van der Waals surface area contributed by atoms with Crippen LogP contribution in [0.3, 0.4) is 0 Å². The first-order valence-corrected chi connectivity index (χ1v) is 10.7. The Bertz CT molecular complexity index is 946. The van der Waals surface area contributed by atoms with E-state index in [0.717, 1.165) is 16.1 Å². The lowest BCUT2D eigenvalue weighted by Crippen LogP contribution is -2.42. The SMILES string of the molecule is Cc1ccccc1N(CC(=O)NCCNC(=O)c1ccc(Cl)cc1)S(C)(=O)=O. The standard InChI is InChI=1S/C19H22ClN3O4S/c1-14-5-3-4-6-17(14)23(28(2,26)27)13-18(24)21-11-12-22-19(25)15-7-9-16(20)10-8-15/h3-10H,11-13H2,1-2H3,(H,21,24)(H,22,25). The summed E-state index contributed by atoms with van der Waals surface area (Å²) < 4.78 is 25.3. The zero-order valence-electron chi connectivity index (χ0n) is 15.6. The normalized spacial score (nSPS) is 11.0. The van der Waals surface area contributed by atoms with Crippen molar-refractivity contribution < 1.29 is 18.0 Å². The average molecular weight is 424 g/mol. The largest absolute Gasteiger partial charge is 0.353 e. The van der Waals surface area contributed by atoms with Crippen LogP contribution < -0.4 is 14.9 Å². The predicted molar refractivity (Wildman–Crippen MR) is 110 cm³/mol. The lowest BCUT2D eigenvalue weighted by Gasteiger charge is -2.23. The van der Waals surface area contributed by atoms with Gasteiger partial charge in [0.2, 0.25) is 15.9 Å². The number of rotatable bonds is 8. The molecule has 0 fully saturated rings. The minimum Gasteiger partial charge on any atom is -0.353 e. The van der Waals surface area contributed by atoms with Crippen molar-refractivity contribution in [1.29, 1.82) is 0 Å². The van der Waals surface area contributed by atoms with Crippen molar-refractivity contribution in [3.63, 3.8) is 0 Å². The van der Waals surface area contributed by atoms with E-state index in [4.69, 9.17) is 11.6 Å². The molecule has 0 atom stereocenters. The number of anilines is 1. The molecule has 0 saturated carbocycles. The van der Waals surface area contributed by atoms with Gasteiger partial charge < -0.3 is 10.6 Å². The van der Waals surface area contributed by atoms with Gasteiger partial charge in [0.05, 0.1) is 11.9 Å². The van der Waals surface area contributed by atoms with Gasteiger partial charge in [-0.3, -0.25) is 13.9 Å². The van der Waals surface area contributed by atoms with E-state index in [9.17, 15) is 18.0 Å². The number of hydrogen-bond acceptors (Lipinski definition) is 4. The first-order chi connectivity index (χ1) is 13.2. The van der Waals surface area contributed by atoms with Gasteiger partial charge in [-0.15, -0.1) is 0 Å². The van der Waals surface area contributed by atoms with E-state index < -0.39 is 15.9 Å². The summed E-state index contributed by atoms with van der Waals surface area (Å²) in [6.07, 6.45) is 1.05. The van der Waals surface area contributed by atoms with Gasteiger partial charge in [0, 0.05) is 23.7 Å². The highest BCUT2D eigenvalue weighted by atomic mass is 35.5. The molecule has 7 nitrogen and oxygen atoms in total. The number of halogens is 1. The molecule has 2 aromatic rings. The Kier molecular flexibility index (Phi) is 7.42. The average Bonchev–Trinajstić information content (AvgIpc) is 2.63. The van der Waals surface area contributed by atoms with Crippen molar-refractivity contribution in [2.45, 2.75) is 6.92 Å². The molecule has 2 rings (SSSR count). The van der Waals surface area contributed by atoms with Crippen molar-refractivity contribution >= 4 is 39.1 Å². The molecule has 0 aromatic heterocycles. The van der Waals surface area contributed by atoms with E-state index in [1.807, 2.05) is 0 Å². The van der Waals surface area contributed by atoms with Crippen LogP contribution in [-0.2, 0) is 14.8 Å². The van der Waals surface area contributed by atoms with Crippen LogP contribution in [0.2, 0.25) is 5.02 Å². The van der Waals surface area contributed by atoms with Crippen molar-refractivity contribution in [3.05, 3.63) is 64.7 Å². The number of nitrogens with one attached hydrogen (secondary N) is 2. The molecule has 0 aliphatic rings. The minimum absolute atomic E-state index is 0.170. The van der Waals surface area contributed by atoms with Crippen LogP contribution in [0.25, 0.3) is 0 Å². The summed E-state index contributed by atoms with van der Waals surface area (Å²) in [5, 5.41) is 5.81. The van der Waals surface area contributed by atoms with Gasteiger partial charge in [-0.1, -0.05) is 29.8 Å². The third kappa shape index (κ3) is 6.24. The van der Waals surface area contributed by atoms with E-state index in [-0.39, 0.29) is 25.5 Å². The molecule has 2 aromatic carbocycles. The first-order valence-electron chi connectivity index (χ1n) is 8.52. The zero-order valence-corrected chi connectivity index (χ0v) is 17.2. The Labute approximate surface area is 169 Å². The predicted octanol–water partition coefficient (Wildman–Crippen LogP) is 1.96.